The summed E-state index contributed by atoms with van der Waals surface area (Å²) < 4.78 is 1.62. The third-order valence-corrected chi connectivity index (χ3v) is 6.69. The van der Waals surface area contributed by atoms with E-state index in [1.54, 1.807) is 24.1 Å². The number of carbonyl (C=O) groups excluding carboxylic acids is 2. The van der Waals surface area contributed by atoms with Crippen molar-refractivity contribution in [3.63, 3.8) is 0 Å². The van der Waals surface area contributed by atoms with Crippen molar-refractivity contribution >= 4 is 17.5 Å². The minimum Gasteiger partial charge on any atom is -0.367 e. The normalized spacial score (nSPS) is 16.4. The molecule has 2 amide bonds. The zero-order chi connectivity index (χ0) is 22.8. The van der Waals surface area contributed by atoms with Gasteiger partial charge in [-0.15, -0.1) is 0 Å². The molecule has 0 spiro atoms. The van der Waals surface area contributed by atoms with E-state index >= 15 is 0 Å². The third kappa shape index (κ3) is 4.62. The molecule has 33 heavy (non-hydrogen) atoms. The van der Waals surface area contributed by atoms with Crippen LogP contribution in [0.4, 0.5) is 5.69 Å². The van der Waals surface area contributed by atoms with Gasteiger partial charge in [0.1, 0.15) is 0 Å². The Balaban J connectivity index is 1.15. The summed E-state index contributed by atoms with van der Waals surface area (Å²) in [6, 6.07) is 16.7. The number of rotatable bonds is 4. The maximum Gasteiger partial charge on any atom is 0.254 e. The first-order valence-electron chi connectivity index (χ1n) is 11.6. The van der Waals surface area contributed by atoms with Gasteiger partial charge in [-0.1, -0.05) is 24.3 Å². The highest BCUT2D eigenvalue weighted by molar-refractivity contribution is 5.95. The van der Waals surface area contributed by atoms with Crippen LogP contribution in [0.5, 0.6) is 0 Å². The molecule has 2 aliphatic heterocycles. The number of hydrogen-bond acceptors (Lipinski definition) is 4. The van der Waals surface area contributed by atoms with Gasteiger partial charge in [0.15, 0.2) is 0 Å². The fourth-order valence-corrected chi connectivity index (χ4v) is 4.75. The van der Waals surface area contributed by atoms with Crippen LogP contribution in [0.2, 0.25) is 0 Å². The molecule has 0 atom stereocenters. The van der Waals surface area contributed by atoms with Crippen LogP contribution in [0.25, 0.3) is 0 Å². The van der Waals surface area contributed by atoms with Crippen molar-refractivity contribution in [2.24, 2.45) is 7.05 Å². The molecule has 1 aromatic heterocycles. The molecule has 0 unspecified atom stereocenters. The number of likely N-dealkylation sites (tertiary alicyclic amines) is 1. The van der Waals surface area contributed by atoms with Crippen molar-refractivity contribution in [3.8, 4) is 0 Å². The van der Waals surface area contributed by atoms with Gasteiger partial charge in [-0.2, -0.15) is 5.10 Å². The summed E-state index contributed by atoms with van der Waals surface area (Å²) in [6.45, 7) is 3.17. The first kappa shape index (κ1) is 21.2. The zero-order valence-corrected chi connectivity index (χ0v) is 18.9. The fraction of sp³-hybridized carbons (Fsp3) is 0.346. The van der Waals surface area contributed by atoms with Crippen molar-refractivity contribution in [1.82, 2.24) is 20.0 Å². The van der Waals surface area contributed by atoms with Gasteiger partial charge in [0, 0.05) is 56.7 Å². The molecular weight excluding hydrogens is 414 g/mol. The number of piperidine rings is 1. The summed E-state index contributed by atoms with van der Waals surface area (Å²) in [5, 5.41) is 7.11. The lowest BCUT2D eigenvalue weighted by molar-refractivity contribution is 0.0698. The van der Waals surface area contributed by atoms with Gasteiger partial charge in [0.25, 0.3) is 11.8 Å². The lowest BCUT2D eigenvalue weighted by atomic mass is 9.99. The van der Waals surface area contributed by atoms with Crippen molar-refractivity contribution in [3.05, 3.63) is 83.2 Å². The van der Waals surface area contributed by atoms with Gasteiger partial charge in [0.05, 0.1) is 11.8 Å². The number of carbonyl (C=O) groups is 2. The quantitative estimate of drug-likeness (QED) is 0.673. The number of aromatic nitrogens is 2. The molecule has 2 aromatic carbocycles. The molecule has 3 aromatic rings. The Bertz CT molecular complexity index is 1150. The summed E-state index contributed by atoms with van der Waals surface area (Å²) in [5.74, 6) is -0.0497. The van der Waals surface area contributed by atoms with Gasteiger partial charge in [-0.3, -0.25) is 14.3 Å². The van der Waals surface area contributed by atoms with Gasteiger partial charge in [-0.25, -0.2) is 0 Å². The Morgan fingerprint density at radius 2 is 1.67 bits per heavy atom. The lowest BCUT2D eigenvalue weighted by Crippen LogP contribution is -2.46. The number of anilines is 1. The summed E-state index contributed by atoms with van der Waals surface area (Å²) in [5.41, 5.74) is 5.24. The molecule has 1 N–H and O–H groups in total. The number of nitrogens with one attached hydrogen (secondary N) is 1. The second-order valence-corrected chi connectivity index (χ2v) is 8.93. The van der Waals surface area contributed by atoms with Crippen LogP contribution in [0.15, 0.2) is 60.9 Å². The number of hydrogen-bond donors (Lipinski definition) is 1. The molecule has 0 saturated carbocycles. The number of amides is 2. The largest absolute Gasteiger partial charge is 0.367 e. The second-order valence-electron chi connectivity index (χ2n) is 8.93. The molecule has 5 rings (SSSR count). The second kappa shape index (κ2) is 9.10. The lowest BCUT2D eigenvalue weighted by Gasteiger charge is -2.33. The molecular formula is C26H29N5O2. The van der Waals surface area contributed by atoms with Crippen LogP contribution >= 0.6 is 0 Å². The molecule has 7 heteroatoms. The maximum absolute atomic E-state index is 13.0. The van der Waals surface area contributed by atoms with Crippen molar-refractivity contribution < 1.29 is 9.59 Å². The van der Waals surface area contributed by atoms with E-state index in [1.807, 2.05) is 17.0 Å². The van der Waals surface area contributed by atoms with Crippen LogP contribution in [0, 0.1) is 0 Å². The van der Waals surface area contributed by atoms with E-state index in [2.05, 4.69) is 51.7 Å². The van der Waals surface area contributed by atoms with E-state index in [9.17, 15) is 9.59 Å². The monoisotopic (exact) mass is 443 g/mol. The Morgan fingerprint density at radius 1 is 0.939 bits per heavy atom. The van der Waals surface area contributed by atoms with Gasteiger partial charge in [-0.05, 0) is 54.7 Å². The molecule has 0 bridgehead atoms. The van der Waals surface area contributed by atoms with Crippen LogP contribution in [0.3, 0.4) is 0 Å². The summed E-state index contributed by atoms with van der Waals surface area (Å²) >= 11 is 0. The standard InChI is InChI=1S/C26H29N5O2/c1-29-17-22(16-27-29)25(32)28-23-11-14-30(15-12-23)26(33)20-6-8-24(9-7-20)31-13-10-19-4-2-3-5-21(19)18-31/h2-9,16-17,23H,10-15,18H2,1H3,(H,28,32). The highest BCUT2D eigenvalue weighted by atomic mass is 16.2. The van der Waals surface area contributed by atoms with E-state index in [4.69, 9.17) is 0 Å². The molecule has 170 valence electrons. The summed E-state index contributed by atoms with van der Waals surface area (Å²) in [6.07, 6.45) is 5.83. The Kier molecular flexibility index (Phi) is 5.86. The predicted molar refractivity (Wildman–Crippen MR) is 127 cm³/mol. The van der Waals surface area contributed by atoms with Crippen molar-refractivity contribution in [1.29, 1.82) is 0 Å². The van der Waals surface area contributed by atoms with E-state index < -0.39 is 0 Å². The first-order chi connectivity index (χ1) is 16.1. The van der Waals surface area contributed by atoms with Crippen molar-refractivity contribution in [2.75, 3.05) is 24.5 Å². The molecule has 1 saturated heterocycles. The minimum absolute atomic E-state index is 0.0579. The van der Waals surface area contributed by atoms with Gasteiger partial charge in [0.2, 0.25) is 0 Å². The average molecular weight is 444 g/mol. The molecule has 0 aliphatic carbocycles. The van der Waals surface area contributed by atoms with E-state index in [0.29, 0.717) is 24.2 Å². The van der Waals surface area contributed by atoms with E-state index in [0.717, 1.165) is 38.0 Å². The minimum atomic E-state index is -0.108. The molecule has 0 radical (unpaired) electrons. The zero-order valence-electron chi connectivity index (χ0n) is 18.9. The number of nitrogens with zero attached hydrogens (tertiary/aromatic N) is 4. The molecule has 3 heterocycles. The van der Waals surface area contributed by atoms with Crippen LogP contribution < -0.4 is 10.2 Å². The first-order valence-corrected chi connectivity index (χ1v) is 11.6. The average Bonchev–Trinajstić information content (AvgIpc) is 3.30. The van der Waals surface area contributed by atoms with E-state index in [-0.39, 0.29) is 17.9 Å². The van der Waals surface area contributed by atoms with Gasteiger partial charge < -0.3 is 15.1 Å². The van der Waals surface area contributed by atoms with Crippen LogP contribution in [0.1, 0.15) is 44.7 Å². The number of benzene rings is 2. The van der Waals surface area contributed by atoms with Crippen LogP contribution in [-0.4, -0.2) is 52.2 Å². The van der Waals surface area contributed by atoms with Gasteiger partial charge >= 0.3 is 0 Å². The summed E-state index contributed by atoms with van der Waals surface area (Å²) in [7, 11) is 1.79. The number of aryl methyl sites for hydroxylation is 1. The topological polar surface area (TPSA) is 70.5 Å². The fourth-order valence-electron chi connectivity index (χ4n) is 4.75. The highest BCUT2D eigenvalue weighted by Crippen LogP contribution is 2.25. The summed E-state index contributed by atoms with van der Waals surface area (Å²) in [4.78, 5) is 29.6. The number of fused-ring (bicyclic) bond motifs is 1. The maximum atomic E-state index is 13.0. The predicted octanol–water partition coefficient (Wildman–Crippen LogP) is 3.02. The molecule has 7 nitrogen and oxygen atoms in total. The third-order valence-electron chi connectivity index (χ3n) is 6.69. The Hall–Kier alpha value is -3.61. The van der Waals surface area contributed by atoms with Crippen molar-refractivity contribution in [2.45, 2.75) is 31.8 Å². The molecule has 1 fully saturated rings. The SMILES string of the molecule is Cn1cc(C(=O)NC2CCN(C(=O)c3ccc(N4CCc5ccccc5C4)cc3)CC2)cn1. The highest BCUT2D eigenvalue weighted by Gasteiger charge is 2.25. The van der Waals surface area contributed by atoms with E-state index in [1.165, 1.54) is 11.1 Å². The Morgan fingerprint density at radius 3 is 2.36 bits per heavy atom. The smallest absolute Gasteiger partial charge is 0.254 e. The Labute approximate surface area is 194 Å². The van der Waals surface area contributed by atoms with Crippen LogP contribution in [-0.2, 0) is 20.0 Å². The molecule has 2 aliphatic rings.